The van der Waals surface area contributed by atoms with Crippen LogP contribution in [0.2, 0.25) is 0 Å². The molecule has 0 spiro atoms. The van der Waals surface area contributed by atoms with Crippen LogP contribution in [0.1, 0.15) is 23.5 Å². The van der Waals surface area contributed by atoms with Crippen molar-refractivity contribution in [2.45, 2.75) is 12.8 Å². The van der Waals surface area contributed by atoms with Crippen molar-refractivity contribution in [3.63, 3.8) is 0 Å². The number of nitrogens with zero attached hydrogens (tertiary/aromatic N) is 5. The molecule has 126 valence electrons. The van der Waals surface area contributed by atoms with Crippen molar-refractivity contribution < 1.29 is 14.3 Å². The van der Waals surface area contributed by atoms with Crippen LogP contribution in [0.4, 0.5) is 11.8 Å². The van der Waals surface area contributed by atoms with Gasteiger partial charge in [0.1, 0.15) is 5.82 Å². The third kappa shape index (κ3) is 3.47. The Bertz CT molecular complexity index is 718. The number of carbonyl (C=O) groups is 2. The van der Waals surface area contributed by atoms with Gasteiger partial charge in [0.05, 0.1) is 19.2 Å². The van der Waals surface area contributed by atoms with E-state index in [1.54, 1.807) is 18.6 Å². The number of esters is 1. The van der Waals surface area contributed by atoms with Gasteiger partial charge in [0.2, 0.25) is 17.7 Å². The molecule has 2 aromatic heterocycles. The molecule has 10 nitrogen and oxygen atoms in total. The first-order valence-corrected chi connectivity index (χ1v) is 7.50. The third-order valence-corrected chi connectivity index (χ3v) is 3.76. The number of amides is 1. The standard InChI is InChI=1S/C14H17N7O3/c1-24-13(23)11-17-14(20-19-11)18-12(22)9-3-2-6-21(8-9)10-7-15-4-5-16-10/h4-5,7,9H,2-3,6,8H2,1H3,(H2,17,18,19,20,22)/t9-/m1/s1. The highest BCUT2D eigenvalue weighted by Crippen LogP contribution is 2.21. The van der Waals surface area contributed by atoms with Gasteiger partial charge in [0, 0.05) is 25.5 Å². The molecule has 1 aliphatic heterocycles. The number of carbonyl (C=O) groups excluding carboxylic acids is 2. The molecule has 2 N–H and O–H groups in total. The van der Waals surface area contributed by atoms with E-state index in [1.165, 1.54) is 7.11 Å². The summed E-state index contributed by atoms with van der Waals surface area (Å²) in [7, 11) is 1.24. The zero-order chi connectivity index (χ0) is 16.9. The highest BCUT2D eigenvalue weighted by Gasteiger charge is 2.27. The van der Waals surface area contributed by atoms with Crippen molar-refractivity contribution in [2.75, 3.05) is 30.4 Å². The molecule has 0 aliphatic carbocycles. The van der Waals surface area contributed by atoms with Gasteiger partial charge in [0.15, 0.2) is 0 Å². The molecule has 1 saturated heterocycles. The van der Waals surface area contributed by atoms with Crippen LogP contribution < -0.4 is 10.2 Å². The molecule has 3 rings (SSSR count). The van der Waals surface area contributed by atoms with Crippen LogP contribution in [0.15, 0.2) is 18.6 Å². The van der Waals surface area contributed by atoms with Gasteiger partial charge in [-0.05, 0) is 12.8 Å². The molecule has 0 bridgehead atoms. The Morgan fingerprint density at radius 1 is 1.42 bits per heavy atom. The third-order valence-electron chi connectivity index (χ3n) is 3.76. The highest BCUT2D eigenvalue weighted by atomic mass is 16.5. The van der Waals surface area contributed by atoms with Gasteiger partial charge in [-0.2, -0.15) is 4.98 Å². The van der Waals surface area contributed by atoms with E-state index in [4.69, 9.17) is 0 Å². The number of rotatable bonds is 4. The Kier molecular flexibility index (Phi) is 4.64. The number of methoxy groups -OCH3 is 1. The van der Waals surface area contributed by atoms with Crippen LogP contribution in [-0.4, -0.2) is 57.2 Å². The van der Waals surface area contributed by atoms with Crippen molar-refractivity contribution in [3.05, 3.63) is 24.4 Å². The number of hydrogen-bond donors (Lipinski definition) is 2. The number of ether oxygens (including phenoxy) is 1. The number of H-pyrrole nitrogens is 1. The number of hydrogen-bond acceptors (Lipinski definition) is 8. The molecule has 0 saturated carbocycles. The lowest BCUT2D eigenvalue weighted by atomic mass is 9.97. The predicted octanol–water partition coefficient (Wildman–Crippen LogP) is 0.236. The molecular formula is C14H17N7O3. The summed E-state index contributed by atoms with van der Waals surface area (Å²) in [5.74, 6) is -0.315. The van der Waals surface area contributed by atoms with Crippen LogP contribution in [0.3, 0.4) is 0 Å². The van der Waals surface area contributed by atoms with Crippen molar-refractivity contribution >= 4 is 23.6 Å². The maximum Gasteiger partial charge on any atom is 0.375 e. The zero-order valence-corrected chi connectivity index (χ0v) is 13.1. The molecule has 24 heavy (non-hydrogen) atoms. The summed E-state index contributed by atoms with van der Waals surface area (Å²) in [5.41, 5.74) is 0. The van der Waals surface area contributed by atoms with Gasteiger partial charge in [-0.15, -0.1) is 5.10 Å². The smallest absolute Gasteiger partial charge is 0.375 e. The molecular weight excluding hydrogens is 314 g/mol. The molecule has 1 fully saturated rings. The van der Waals surface area contributed by atoms with Crippen LogP contribution in [0.25, 0.3) is 0 Å². The number of aromatic amines is 1. The van der Waals surface area contributed by atoms with Gasteiger partial charge in [-0.1, -0.05) is 0 Å². The van der Waals surface area contributed by atoms with Crippen molar-refractivity contribution in [1.82, 2.24) is 25.1 Å². The summed E-state index contributed by atoms with van der Waals surface area (Å²) in [6.45, 7) is 1.37. The van der Waals surface area contributed by atoms with Crippen molar-refractivity contribution in [1.29, 1.82) is 0 Å². The maximum atomic E-state index is 12.4. The quantitative estimate of drug-likeness (QED) is 0.763. The average Bonchev–Trinajstić information content (AvgIpc) is 3.10. The Labute approximate surface area is 137 Å². The number of anilines is 2. The van der Waals surface area contributed by atoms with Crippen LogP contribution >= 0.6 is 0 Å². The second kappa shape index (κ2) is 7.02. The molecule has 1 atom stereocenters. The molecule has 0 radical (unpaired) electrons. The topological polar surface area (TPSA) is 126 Å². The lowest BCUT2D eigenvalue weighted by Gasteiger charge is -2.32. The first-order chi connectivity index (χ1) is 11.7. The molecule has 3 heterocycles. The number of aromatic nitrogens is 5. The van der Waals surface area contributed by atoms with E-state index in [2.05, 4.69) is 35.2 Å². The lowest BCUT2D eigenvalue weighted by molar-refractivity contribution is -0.120. The van der Waals surface area contributed by atoms with Crippen molar-refractivity contribution in [3.8, 4) is 0 Å². The summed E-state index contributed by atoms with van der Waals surface area (Å²) in [5, 5.41) is 8.83. The number of piperidine rings is 1. The Hall–Kier alpha value is -3.04. The fourth-order valence-electron chi connectivity index (χ4n) is 2.57. The van der Waals surface area contributed by atoms with E-state index >= 15 is 0 Å². The summed E-state index contributed by atoms with van der Waals surface area (Å²) in [4.78, 5) is 38.0. The monoisotopic (exact) mass is 331 g/mol. The SMILES string of the molecule is COC(=O)c1nc(NC(=O)[C@@H]2CCCN(c3cnccn3)C2)n[nH]1. The Balaban J connectivity index is 1.62. The first-order valence-electron chi connectivity index (χ1n) is 7.50. The van der Waals surface area contributed by atoms with E-state index in [0.717, 1.165) is 25.2 Å². The fourth-order valence-corrected chi connectivity index (χ4v) is 2.57. The molecule has 0 aromatic carbocycles. The van der Waals surface area contributed by atoms with Gasteiger partial charge < -0.3 is 9.64 Å². The molecule has 1 aliphatic rings. The summed E-state index contributed by atoms with van der Waals surface area (Å²) in [6, 6.07) is 0. The Morgan fingerprint density at radius 3 is 3.04 bits per heavy atom. The highest BCUT2D eigenvalue weighted by molar-refractivity contribution is 5.92. The summed E-state index contributed by atoms with van der Waals surface area (Å²) in [6.07, 6.45) is 6.55. The minimum atomic E-state index is -0.644. The summed E-state index contributed by atoms with van der Waals surface area (Å²) < 4.78 is 4.53. The second-order valence-electron chi connectivity index (χ2n) is 5.34. The predicted molar refractivity (Wildman–Crippen MR) is 83.3 cm³/mol. The van der Waals surface area contributed by atoms with Crippen LogP contribution in [-0.2, 0) is 9.53 Å². The summed E-state index contributed by atoms with van der Waals surface area (Å²) >= 11 is 0. The van der Waals surface area contributed by atoms with E-state index in [0.29, 0.717) is 6.54 Å². The lowest BCUT2D eigenvalue weighted by Crippen LogP contribution is -2.41. The van der Waals surface area contributed by atoms with Gasteiger partial charge in [0.25, 0.3) is 0 Å². The fraction of sp³-hybridized carbons (Fsp3) is 0.429. The second-order valence-corrected chi connectivity index (χ2v) is 5.34. The molecule has 10 heteroatoms. The minimum Gasteiger partial charge on any atom is -0.463 e. The van der Waals surface area contributed by atoms with Gasteiger partial charge >= 0.3 is 5.97 Å². The largest absolute Gasteiger partial charge is 0.463 e. The van der Waals surface area contributed by atoms with E-state index in [-0.39, 0.29) is 23.6 Å². The molecule has 0 unspecified atom stereocenters. The first kappa shape index (κ1) is 15.8. The van der Waals surface area contributed by atoms with Crippen molar-refractivity contribution in [2.24, 2.45) is 5.92 Å². The normalized spacial score (nSPS) is 17.4. The number of nitrogens with one attached hydrogen (secondary N) is 2. The minimum absolute atomic E-state index is 0.0528. The van der Waals surface area contributed by atoms with E-state index in [1.807, 2.05) is 4.90 Å². The van der Waals surface area contributed by atoms with Crippen LogP contribution in [0, 0.1) is 5.92 Å². The Morgan fingerprint density at radius 2 is 2.29 bits per heavy atom. The van der Waals surface area contributed by atoms with E-state index < -0.39 is 5.97 Å². The maximum absolute atomic E-state index is 12.4. The average molecular weight is 331 g/mol. The van der Waals surface area contributed by atoms with Gasteiger partial charge in [-0.25, -0.2) is 9.78 Å². The molecule has 1 amide bonds. The zero-order valence-electron chi connectivity index (χ0n) is 13.1. The van der Waals surface area contributed by atoms with Crippen LogP contribution in [0.5, 0.6) is 0 Å². The molecule has 2 aromatic rings. The van der Waals surface area contributed by atoms with E-state index in [9.17, 15) is 9.59 Å². The van der Waals surface area contributed by atoms with Gasteiger partial charge in [-0.3, -0.25) is 20.2 Å².